The van der Waals surface area contributed by atoms with Gasteiger partial charge in [0.25, 0.3) is 0 Å². The van der Waals surface area contributed by atoms with E-state index in [1.165, 1.54) is 25.7 Å². The summed E-state index contributed by atoms with van der Waals surface area (Å²) in [6, 6.07) is 59.0. The number of rotatable bonds is 4. The SMILES string of the molecule is C1=CCC/C=C\CC1.[Cl][Pt][Cl].[Pt+2].[c-]1c(-c2ccccn2)ccc2oc3ccc4oc5ccc(-c6ccccn6)[c-]c5c4c3c12.c1ccc(-c2ccc3oc4ccc5oc6ccc(-c7ccccn7)cc6c5c4c3c2)nc1. The van der Waals surface area contributed by atoms with Gasteiger partial charge in [0, 0.05) is 68.8 Å². The maximum absolute atomic E-state index is 6.21. The molecular formula is C64H42Cl2N4O4Pt2. The van der Waals surface area contributed by atoms with Crippen LogP contribution < -0.4 is 0 Å². The molecule has 1 aliphatic carbocycles. The summed E-state index contributed by atoms with van der Waals surface area (Å²) in [5.41, 5.74) is 14.1. The van der Waals surface area contributed by atoms with E-state index in [2.05, 4.69) is 80.6 Å². The molecule has 376 valence electrons. The smallest absolute Gasteiger partial charge is 0.500 e. The van der Waals surface area contributed by atoms with Gasteiger partial charge in [-0.05, 0) is 123 Å². The number of benzene rings is 6. The maximum atomic E-state index is 6.21. The van der Waals surface area contributed by atoms with Gasteiger partial charge in [-0.15, -0.1) is 24.3 Å². The zero-order chi connectivity index (χ0) is 50.5. The first-order valence-corrected chi connectivity index (χ1v) is 30.0. The average molecular weight is 1390 g/mol. The van der Waals surface area contributed by atoms with Crippen LogP contribution >= 0.6 is 18.8 Å². The van der Waals surface area contributed by atoms with E-state index in [1.54, 1.807) is 12.4 Å². The molecule has 15 rings (SSSR count). The Hall–Kier alpha value is -7.44. The Bertz CT molecular complexity index is 3810. The first kappa shape index (κ1) is 50.7. The molecule has 12 heteroatoms. The van der Waals surface area contributed by atoms with Crippen molar-refractivity contribution in [1.82, 2.24) is 19.9 Å². The van der Waals surface area contributed by atoms with Crippen LogP contribution in [-0.2, 0) is 37.5 Å². The van der Waals surface area contributed by atoms with E-state index in [9.17, 15) is 0 Å². The molecule has 8 heterocycles. The molecule has 0 saturated carbocycles. The van der Waals surface area contributed by atoms with E-state index in [-0.39, 0.29) is 21.1 Å². The summed E-state index contributed by atoms with van der Waals surface area (Å²) < 4.78 is 24.8. The van der Waals surface area contributed by atoms with E-state index in [0.717, 1.165) is 133 Å². The second kappa shape index (κ2) is 23.2. The minimum Gasteiger partial charge on any atom is -0.500 e. The predicted octanol–water partition coefficient (Wildman–Crippen LogP) is 18.9. The molecule has 6 aromatic carbocycles. The molecule has 0 saturated heterocycles. The van der Waals surface area contributed by atoms with Crippen molar-refractivity contribution in [2.45, 2.75) is 25.7 Å². The van der Waals surface area contributed by atoms with Gasteiger partial charge in [-0.1, -0.05) is 106 Å². The minimum atomic E-state index is -0.472. The van der Waals surface area contributed by atoms with Gasteiger partial charge in [0.05, 0.1) is 33.7 Å². The van der Waals surface area contributed by atoms with Crippen LogP contribution in [0.25, 0.3) is 133 Å². The minimum absolute atomic E-state index is 0. The van der Waals surface area contributed by atoms with Crippen molar-refractivity contribution < 1.29 is 55.2 Å². The zero-order valence-corrected chi connectivity index (χ0v) is 46.3. The molecule has 0 N–H and O–H groups in total. The standard InChI is InChI=1S/C28H16N2O2.C28H14N2O2.C8H12.2ClH.2Pt/c2*1-3-13-29-21(5-1)17-7-9-23-19(15-17)27-25(31-23)11-12-26-28(27)20-16-18(8-10-24(20)32-26)22-6-2-4-14-30-22;1-2-4-6-8-7-5-3-1;;;;/h1-16H;1-14H;1-2,7-8H,3-6H2;2*1H;;/q;-2;;;;2*+2/p-2/b;;2-1-,8-7?;;;;. The fourth-order valence-corrected chi connectivity index (χ4v) is 9.69. The number of furan rings is 4. The topological polar surface area (TPSA) is 104 Å². The van der Waals surface area contributed by atoms with Crippen LogP contribution in [0.15, 0.2) is 224 Å². The third-order valence-corrected chi connectivity index (χ3v) is 13.1. The van der Waals surface area contributed by atoms with Crippen molar-refractivity contribution in [1.29, 1.82) is 0 Å². The molecule has 8 aromatic heterocycles. The van der Waals surface area contributed by atoms with Crippen LogP contribution in [0.2, 0.25) is 0 Å². The Morgan fingerprint density at radius 3 is 1.03 bits per heavy atom. The van der Waals surface area contributed by atoms with Crippen LogP contribution in [0.4, 0.5) is 0 Å². The van der Waals surface area contributed by atoms with Crippen LogP contribution in [0.3, 0.4) is 0 Å². The van der Waals surface area contributed by atoms with Crippen molar-refractivity contribution >= 4 is 107 Å². The van der Waals surface area contributed by atoms with Gasteiger partial charge in [-0.3, -0.25) is 19.9 Å². The fourth-order valence-electron chi connectivity index (χ4n) is 9.69. The monoisotopic (exact) mass is 1390 g/mol. The molecule has 14 aromatic rings. The van der Waals surface area contributed by atoms with E-state index in [0.29, 0.717) is 0 Å². The third-order valence-electron chi connectivity index (χ3n) is 13.1. The number of pyridine rings is 4. The van der Waals surface area contributed by atoms with E-state index < -0.39 is 16.5 Å². The Kier molecular flexibility index (Phi) is 15.5. The number of nitrogens with zero attached hydrogens (tertiary/aromatic N) is 4. The number of fused-ring (bicyclic) bond motifs is 14. The van der Waals surface area contributed by atoms with E-state index >= 15 is 0 Å². The van der Waals surface area contributed by atoms with Crippen LogP contribution in [0.1, 0.15) is 25.7 Å². The second-order valence-corrected chi connectivity index (χ2v) is 21.0. The first-order valence-electron chi connectivity index (χ1n) is 24.4. The number of halogens is 2. The maximum Gasteiger partial charge on any atom is 2.00 e. The summed E-state index contributed by atoms with van der Waals surface area (Å²) >= 11 is -0.472. The number of allylic oxidation sites excluding steroid dienone is 4. The molecule has 76 heavy (non-hydrogen) atoms. The Balaban J connectivity index is 0.000000134. The summed E-state index contributed by atoms with van der Waals surface area (Å²) in [6.07, 6.45) is 21.2. The molecule has 8 nitrogen and oxygen atoms in total. The third kappa shape index (κ3) is 10.3. The quantitative estimate of drug-likeness (QED) is 0.127. The number of hydrogen-bond donors (Lipinski definition) is 0. The first-order chi connectivity index (χ1) is 37.1. The summed E-state index contributed by atoms with van der Waals surface area (Å²) in [6.45, 7) is 0. The van der Waals surface area contributed by atoms with Crippen LogP contribution in [0.5, 0.6) is 0 Å². The predicted molar refractivity (Wildman–Crippen MR) is 301 cm³/mol. The van der Waals surface area contributed by atoms with Crippen molar-refractivity contribution in [2.75, 3.05) is 0 Å². The van der Waals surface area contributed by atoms with Gasteiger partial charge in [0.15, 0.2) is 0 Å². The van der Waals surface area contributed by atoms with Crippen molar-refractivity contribution in [3.05, 3.63) is 219 Å². The Morgan fingerprint density at radius 2 is 0.671 bits per heavy atom. The molecule has 0 spiro atoms. The van der Waals surface area contributed by atoms with Gasteiger partial charge in [0.2, 0.25) is 0 Å². The largest absolute Gasteiger partial charge is 2.00 e. The summed E-state index contributed by atoms with van der Waals surface area (Å²) in [5.74, 6) is 0. The number of hydrogen-bond acceptors (Lipinski definition) is 8. The molecule has 0 bridgehead atoms. The van der Waals surface area contributed by atoms with Gasteiger partial charge in [0.1, 0.15) is 22.3 Å². The van der Waals surface area contributed by atoms with Crippen molar-refractivity contribution in [2.24, 2.45) is 0 Å². The van der Waals surface area contributed by atoms with Gasteiger partial charge < -0.3 is 17.7 Å². The van der Waals surface area contributed by atoms with E-state index in [1.807, 2.05) is 146 Å². The zero-order valence-electron chi connectivity index (χ0n) is 40.3. The van der Waals surface area contributed by atoms with Crippen LogP contribution in [-0.4, -0.2) is 19.9 Å². The molecule has 0 fully saturated rings. The van der Waals surface area contributed by atoms with Gasteiger partial charge in [-0.2, -0.15) is 0 Å². The summed E-state index contributed by atoms with van der Waals surface area (Å²) in [7, 11) is 9.75. The Morgan fingerprint density at radius 1 is 0.355 bits per heavy atom. The van der Waals surface area contributed by atoms with Crippen molar-refractivity contribution in [3.63, 3.8) is 0 Å². The van der Waals surface area contributed by atoms with Crippen molar-refractivity contribution in [3.8, 4) is 45.0 Å². The summed E-state index contributed by atoms with van der Waals surface area (Å²) in [4.78, 5) is 18.0. The molecule has 0 atom stereocenters. The van der Waals surface area contributed by atoms with E-state index in [4.69, 9.17) is 36.5 Å². The van der Waals surface area contributed by atoms with Gasteiger partial charge in [-0.25, -0.2) is 0 Å². The fraction of sp³-hybridized carbons (Fsp3) is 0.0625. The molecule has 0 aliphatic heterocycles. The molecular weight excluding hydrogens is 1350 g/mol. The molecule has 0 unspecified atom stereocenters. The molecule has 0 radical (unpaired) electrons. The molecule has 0 amide bonds. The Labute approximate surface area is 467 Å². The number of aromatic nitrogens is 4. The average Bonchev–Trinajstić information content (AvgIpc) is 4.30. The molecule has 1 aliphatic rings. The van der Waals surface area contributed by atoms with Gasteiger partial charge >= 0.3 is 56.4 Å². The second-order valence-electron chi connectivity index (χ2n) is 17.7. The summed E-state index contributed by atoms with van der Waals surface area (Å²) in [5, 5.41) is 8.01. The van der Waals surface area contributed by atoms with Crippen LogP contribution in [0, 0.1) is 12.1 Å². The normalized spacial score (nSPS) is 12.7.